The molecule has 3 rings (SSSR count). The van der Waals surface area contributed by atoms with Crippen molar-refractivity contribution in [2.24, 2.45) is 11.8 Å². The Bertz CT molecular complexity index is 590. The minimum absolute atomic E-state index is 0.114. The first-order valence-electron chi connectivity index (χ1n) is 7.35. The zero-order valence-corrected chi connectivity index (χ0v) is 12.8. The van der Waals surface area contributed by atoms with Crippen molar-refractivity contribution in [2.45, 2.75) is 38.6 Å². The summed E-state index contributed by atoms with van der Waals surface area (Å²) in [4.78, 5) is 10.6. The average molecular weight is 305 g/mol. The number of hydrogen-bond acceptors (Lipinski definition) is 3. The van der Waals surface area contributed by atoms with Crippen molar-refractivity contribution >= 4 is 28.7 Å². The summed E-state index contributed by atoms with van der Waals surface area (Å²) in [5.74, 6) is 1.60. The monoisotopic (exact) mass is 305 g/mol. The minimum atomic E-state index is -0.368. The summed E-state index contributed by atoms with van der Waals surface area (Å²) < 4.78 is 0. The van der Waals surface area contributed by atoms with Gasteiger partial charge in [0.05, 0.1) is 4.92 Å². The van der Waals surface area contributed by atoms with E-state index in [0.717, 1.165) is 11.8 Å². The molecular formula is C15H19N3O2S. The van der Waals surface area contributed by atoms with Crippen LogP contribution in [0.25, 0.3) is 0 Å². The predicted molar refractivity (Wildman–Crippen MR) is 86.4 cm³/mol. The van der Waals surface area contributed by atoms with Gasteiger partial charge in [0, 0.05) is 23.4 Å². The number of aryl methyl sites for hydroxylation is 1. The third-order valence-corrected chi connectivity index (χ3v) is 4.94. The van der Waals surface area contributed by atoms with E-state index in [1.54, 1.807) is 13.0 Å². The standard InChI is InChI=1S/C15H19N3O2S/c1-9-2-5-12(8-14(9)18(19)20)16-15(21)17-13-7-10-3-4-11(13)6-10/h2,5,8,10-11,13H,3-4,6-7H2,1H3,(H2,16,17,21)/t10-,11+,13-/m0/s1. The lowest BCUT2D eigenvalue weighted by Crippen LogP contribution is -2.40. The van der Waals surface area contributed by atoms with E-state index >= 15 is 0 Å². The van der Waals surface area contributed by atoms with Gasteiger partial charge < -0.3 is 10.6 Å². The van der Waals surface area contributed by atoms with E-state index in [2.05, 4.69) is 10.6 Å². The highest BCUT2D eigenvalue weighted by Gasteiger charge is 2.39. The Morgan fingerprint density at radius 3 is 2.81 bits per heavy atom. The maximum Gasteiger partial charge on any atom is 0.274 e. The summed E-state index contributed by atoms with van der Waals surface area (Å²) >= 11 is 5.34. The largest absolute Gasteiger partial charge is 0.359 e. The van der Waals surface area contributed by atoms with Gasteiger partial charge in [-0.2, -0.15) is 0 Å². The summed E-state index contributed by atoms with van der Waals surface area (Å²) in [6, 6.07) is 5.55. The molecule has 2 aliphatic rings. The van der Waals surface area contributed by atoms with Crippen molar-refractivity contribution in [2.75, 3.05) is 5.32 Å². The maximum absolute atomic E-state index is 11.0. The fourth-order valence-corrected chi connectivity index (χ4v) is 3.91. The van der Waals surface area contributed by atoms with Gasteiger partial charge >= 0.3 is 0 Å². The number of nitrogens with zero attached hydrogens (tertiary/aromatic N) is 1. The van der Waals surface area contributed by atoms with Gasteiger partial charge in [-0.05, 0) is 56.3 Å². The maximum atomic E-state index is 11.0. The molecule has 6 heteroatoms. The summed E-state index contributed by atoms with van der Waals surface area (Å²) in [5, 5.41) is 18.0. The molecule has 1 aromatic rings. The number of thiocarbonyl (C=S) groups is 1. The Kier molecular flexibility index (Phi) is 3.80. The minimum Gasteiger partial charge on any atom is -0.359 e. The van der Waals surface area contributed by atoms with Crippen LogP contribution in [0.3, 0.4) is 0 Å². The van der Waals surface area contributed by atoms with Gasteiger partial charge in [0.1, 0.15) is 0 Å². The highest BCUT2D eigenvalue weighted by atomic mass is 32.1. The van der Waals surface area contributed by atoms with Gasteiger partial charge in [0.15, 0.2) is 5.11 Å². The Hall–Kier alpha value is -1.69. The van der Waals surface area contributed by atoms with E-state index in [4.69, 9.17) is 12.2 Å². The van der Waals surface area contributed by atoms with Crippen LogP contribution < -0.4 is 10.6 Å². The van der Waals surface area contributed by atoms with Crippen molar-refractivity contribution in [1.29, 1.82) is 0 Å². The molecule has 2 aliphatic carbocycles. The van der Waals surface area contributed by atoms with Crippen LogP contribution in [0.4, 0.5) is 11.4 Å². The second-order valence-electron chi connectivity index (χ2n) is 6.14. The van der Waals surface area contributed by atoms with Gasteiger partial charge in [0.2, 0.25) is 0 Å². The second-order valence-corrected chi connectivity index (χ2v) is 6.55. The molecule has 2 N–H and O–H groups in total. The molecule has 0 spiro atoms. The topological polar surface area (TPSA) is 67.2 Å². The summed E-state index contributed by atoms with van der Waals surface area (Å²) in [5.41, 5.74) is 1.42. The van der Waals surface area contributed by atoms with Crippen LogP contribution in [0.2, 0.25) is 0 Å². The number of benzene rings is 1. The Labute approximate surface area is 129 Å². The van der Waals surface area contributed by atoms with Crippen molar-refractivity contribution in [3.05, 3.63) is 33.9 Å². The van der Waals surface area contributed by atoms with Crippen molar-refractivity contribution in [1.82, 2.24) is 5.32 Å². The van der Waals surface area contributed by atoms with E-state index in [1.165, 1.54) is 31.7 Å². The van der Waals surface area contributed by atoms with E-state index in [1.807, 2.05) is 6.07 Å². The first-order chi connectivity index (χ1) is 10.0. The third kappa shape index (κ3) is 3.00. The number of anilines is 1. The lowest BCUT2D eigenvalue weighted by molar-refractivity contribution is -0.385. The number of nitro benzene ring substituents is 1. The zero-order chi connectivity index (χ0) is 15.0. The van der Waals surface area contributed by atoms with Crippen LogP contribution in [0, 0.1) is 28.9 Å². The molecule has 2 fully saturated rings. The van der Waals surface area contributed by atoms with Crippen LogP contribution >= 0.6 is 12.2 Å². The summed E-state index contributed by atoms with van der Waals surface area (Å²) in [7, 11) is 0. The number of nitrogens with one attached hydrogen (secondary N) is 2. The SMILES string of the molecule is Cc1ccc(NC(=S)N[C@H]2C[C@H]3CC[C@@H]2C3)cc1[N+](=O)[O-]. The van der Waals surface area contributed by atoms with Crippen molar-refractivity contribution in [3.8, 4) is 0 Å². The highest BCUT2D eigenvalue weighted by Crippen LogP contribution is 2.44. The van der Waals surface area contributed by atoms with Gasteiger partial charge in [-0.15, -0.1) is 0 Å². The van der Waals surface area contributed by atoms with Crippen LogP contribution in [-0.4, -0.2) is 16.1 Å². The number of hydrogen-bond donors (Lipinski definition) is 2. The van der Waals surface area contributed by atoms with Crippen LogP contribution in [0.1, 0.15) is 31.2 Å². The molecule has 0 saturated heterocycles. The van der Waals surface area contributed by atoms with Gasteiger partial charge in [-0.1, -0.05) is 12.5 Å². The second kappa shape index (κ2) is 5.60. The van der Waals surface area contributed by atoms with Crippen LogP contribution in [-0.2, 0) is 0 Å². The highest BCUT2D eigenvalue weighted by molar-refractivity contribution is 7.80. The van der Waals surface area contributed by atoms with Gasteiger partial charge in [0.25, 0.3) is 5.69 Å². The molecule has 0 amide bonds. The molecule has 112 valence electrons. The molecule has 5 nitrogen and oxygen atoms in total. The molecule has 2 bridgehead atoms. The molecule has 0 aliphatic heterocycles. The lowest BCUT2D eigenvalue weighted by Gasteiger charge is -2.24. The molecule has 21 heavy (non-hydrogen) atoms. The van der Waals surface area contributed by atoms with E-state index in [-0.39, 0.29) is 10.6 Å². The number of fused-ring (bicyclic) bond motifs is 2. The number of rotatable bonds is 3. The fraction of sp³-hybridized carbons (Fsp3) is 0.533. The lowest BCUT2D eigenvalue weighted by atomic mass is 9.96. The van der Waals surface area contributed by atoms with Crippen LogP contribution in [0.5, 0.6) is 0 Å². The molecule has 0 heterocycles. The van der Waals surface area contributed by atoms with E-state index < -0.39 is 0 Å². The molecule has 0 unspecified atom stereocenters. The zero-order valence-electron chi connectivity index (χ0n) is 12.0. The molecule has 3 atom stereocenters. The first kappa shape index (κ1) is 14.3. The first-order valence-corrected chi connectivity index (χ1v) is 7.76. The number of nitro groups is 1. The molecular weight excluding hydrogens is 286 g/mol. The summed E-state index contributed by atoms with van der Waals surface area (Å²) in [6.07, 6.45) is 5.16. The third-order valence-electron chi connectivity index (χ3n) is 4.72. The molecule has 0 aromatic heterocycles. The van der Waals surface area contributed by atoms with Gasteiger partial charge in [-0.25, -0.2) is 0 Å². The van der Waals surface area contributed by atoms with Crippen LogP contribution in [0.15, 0.2) is 18.2 Å². The fourth-order valence-electron chi connectivity index (χ4n) is 3.64. The van der Waals surface area contributed by atoms with E-state index in [9.17, 15) is 10.1 Å². The smallest absolute Gasteiger partial charge is 0.274 e. The summed E-state index contributed by atoms with van der Waals surface area (Å²) in [6.45, 7) is 1.73. The van der Waals surface area contributed by atoms with E-state index in [0.29, 0.717) is 22.4 Å². The Morgan fingerprint density at radius 2 is 2.19 bits per heavy atom. The van der Waals surface area contributed by atoms with Crippen molar-refractivity contribution < 1.29 is 4.92 Å². The Balaban J connectivity index is 1.62. The average Bonchev–Trinajstić information content (AvgIpc) is 3.03. The quantitative estimate of drug-likeness (QED) is 0.509. The molecule has 1 aromatic carbocycles. The predicted octanol–water partition coefficient (Wildman–Crippen LogP) is 3.38. The molecule has 0 radical (unpaired) electrons. The van der Waals surface area contributed by atoms with Crippen molar-refractivity contribution in [3.63, 3.8) is 0 Å². The van der Waals surface area contributed by atoms with Gasteiger partial charge in [-0.3, -0.25) is 10.1 Å². The Morgan fingerprint density at radius 1 is 1.38 bits per heavy atom. The normalized spacial score (nSPS) is 26.6. The molecule has 2 saturated carbocycles.